The van der Waals surface area contributed by atoms with Gasteiger partial charge in [0.15, 0.2) is 30.9 Å². The molecule has 19 heteroatoms. The van der Waals surface area contributed by atoms with Crippen molar-refractivity contribution in [2.45, 2.75) is 57.5 Å². The number of phosphoric ester groups is 2. The van der Waals surface area contributed by atoms with E-state index in [0.29, 0.717) is 24.0 Å². The summed E-state index contributed by atoms with van der Waals surface area (Å²) < 4.78 is 62.5. The van der Waals surface area contributed by atoms with Gasteiger partial charge in [-0.3, -0.25) is 27.7 Å². The quantitative estimate of drug-likeness (QED) is 0.183. The summed E-state index contributed by atoms with van der Waals surface area (Å²) in [6.45, 7) is 3.94. The standard InChI is InChI=1S/C14H22N2O9P2.C10H12N2O4.C2H6/c1-20-26(18,21-2)25-27(19,22-3)23-10-12-6-7-13(24-12)16-8-4-5-11(9-16)14(15)17;11-9(15)6-2-1-3-12(4-6)10-8(14)7(13)5-16-10;1-2/h4-5,8-9,12-13H,6-7,10H2,1-3H3,(H-,15,17);1-4,7-8,10,13-14H,5H2,(H-,11,15);1-2H3/p+2. The number of carbonyl (C=O) groups is 2. The van der Waals surface area contributed by atoms with Gasteiger partial charge in [0.1, 0.15) is 17.2 Å². The lowest BCUT2D eigenvalue weighted by molar-refractivity contribution is -0.764. The summed E-state index contributed by atoms with van der Waals surface area (Å²) in [6, 6.07) is 6.48. The summed E-state index contributed by atoms with van der Waals surface area (Å²) in [4.78, 5) is 22.3. The molecule has 4 rings (SSSR count). The lowest BCUT2D eigenvalue weighted by Crippen LogP contribution is -2.46. The highest BCUT2D eigenvalue weighted by molar-refractivity contribution is 7.62. The number of primary amides is 2. The van der Waals surface area contributed by atoms with E-state index in [2.05, 4.69) is 9.05 Å². The third kappa shape index (κ3) is 11.0. The maximum atomic E-state index is 12.4. The summed E-state index contributed by atoms with van der Waals surface area (Å²) in [5, 5.41) is 19.0. The van der Waals surface area contributed by atoms with Crippen LogP contribution in [0.1, 0.15) is 59.9 Å². The van der Waals surface area contributed by atoms with Crippen LogP contribution in [0.5, 0.6) is 0 Å². The van der Waals surface area contributed by atoms with Crippen molar-refractivity contribution in [1.82, 2.24) is 0 Å². The van der Waals surface area contributed by atoms with Gasteiger partial charge in [0.2, 0.25) is 0 Å². The minimum atomic E-state index is -4.18. The van der Waals surface area contributed by atoms with E-state index in [0.717, 1.165) is 21.3 Å². The zero-order valence-electron chi connectivity index (χ0n) is 25.7. The molecule has 45 heavy (non-hydrogen) atoms. The van der Waals surface area contributed by atoms with Gasteiger partial charge < -0.3 is 31.2 Å². The monoisotopic (exact) mass is 680 g/mol. The predicted octanol–water partition coefficient (Wildman–Crippen LogP) is 1.29. The zero-order chi connectivity index (χ0) is 33.8. The van der Waals surface area contributed by atoms with Gasteiger partial charge in [-0.05, 0) is 18.6 Å². The van der Waals surface area contributed by atoms with Crippen LogP contribution in [-0.4, -0.2) is 74.9 Å². The van der Waals surface area contributed by atoms with Crippen LogP contribution in [0.2, 0.25) is 0 Å². The molecule has 0 radical (unpaired) electrons. The number of hydrogen-bond acceptors (Lipinski definition) is 13. The van der Waals surface area contributed by atoms with Crippen LogP contribution >= 0.6 is 15.6 Å². The number of hydrogen-bond donors (Lipinski definition) is 4. The first-order valence-electron chi connectivity index (χ1n) is 13.8. The van der Waals surface area contributed by atoms with E-state index in [1.807, 2.05) is 13.8 Å². The van der Waals surface area contributed by atoms with E-state index in [4.69, 9.17) is 34.3 Å². The Morgan fingerprint density at radius 1 is 0.911 bits per heavy atom. The fourth-order valence-electron chi connectivity index (χ4n) is 4.04. The molecule has 4 heterocycles. The van der Waals surface area contributed by atoms with Gasteiger partial charge in [-0.25, -0.2) is 9.13 Å². The summed E-state index contributed by atoms with van der Waals surface area (Å²) in [5.41, 5.74) is 11.1. The third-order valence-corrected chi connectivity index (χ3v) is 9.75. The highest BCUT2D eigenvalue weighted by Gasteiger charge is 2.42. The molecule has 17 nitrogen and oxygen atoms in total. The van der Waals surface area contributed by atoms with Crippen molar-refractivity contribution in [2.24, 2.45) is 11.5 Å². The molecule has 2 aromatic heterocycles. The zero-order valence-corrected chi connectivity index (χ0v) is 27.5. The molecule has 0 bridgehead atoms. The van der Waals surface area contributed by atoms with Crippen molar-refractivity contribution >= 4 is 27.5 Å². The summed E-state index contributed by atoms with van der Waals surface area (Å²) in [5.74, 6) is -1.09. The molecule has 6 N–H and O–H groups in total. The number of aromatic nitrogens is 2. The number of phosphoric acid groups is 2. The molecule has 0 spiro atoms. The van der Waals surface area contributed by atoms with Gasteiger partial charge in [-0.2, -0.15) is 13.4 Å². The summed E-state index contributed by atoms with van der Waals surface area (Å²) in [6.07, 6.45) is 4.32. The molecule has 0 saturated carbocycles. The number of aliphatic hydroxyl groups is 2. The molecule has 2 aliphatic heterocycles. The second-order valence-electron chi connectivity index (χ2n) is 9.20. The molecular formula is C26H42N4O13P2+2. The Labute approximate surface area is 261 Å². The van der Waals surface area contributed by atoms with E-state index < -0.39 is 52.0 Å². The van der Waals surface area contributed by atoms with E-state index in [9.17, 15) is 28.9 Å². The van der Waals surface area contributed by atoms with Crippen LogP contribution < -0.4 is 20.6 Å². The Morgan fingerprint density at radius 3 is 1.93 bits per heavy atom. The Kier molecular flexibility index (Phi) is 15.3. The lowest BCUT2D eigenvalue weighted by atomic mass is 10.2. The maximum Gasteiger partial charge on any atom is 0.483 e. The van der Waals surface area contributed by atoms with Crippen molar-refractivity contribution < 1.29 is 69.9 Å². The first-order chi connectivity index (χ1) is 21.3. The third-order valence-electron chi connectivity index (χ3n) is 6.34. The number of nitrogens with zero attached hydrogens (tertiary/aromatic N) is 2. The Balaban J connectivity index is 0.000000332. The van der Waals surface area contributed by atoms with Gasteiger partial charge >= 0.3 is 15.6 Å². The number of rotatable bonds is 12. The Bertz CT molecular complexity index is 1360. The maximum absolute atomic E-state index is 12.4. The number of carbonyl (C=O) groups excluding carboxylic acids is 2. The topological polar surface area (TPSA) is 233 Å². The highest BCUT2D eigenvalue weighted by Crippen LogP contribution is 2.65. The molecule has 2 saturated heterocycles. The van der Waals surface area contributed by atoms with Crippen LogP contribution in [0.4, 0.5) is 0 Å². The molecule has 6 atom stereocenters. The highest BCUT2D eigenvalue weighted by atomic mass is 31.3. The number of amides is 2. The molecule has 6 unspecified atom stereocenters. The average molecular weight is 681 g/mol. The fourth-order valence-corrected chi connectivity index (χ4v) is 6.61. The van der Waals surface area contributed by atoms with E-state index in [1.165, 1.54) is 10.8 Å². The molecule has 0 aromatic carbocycles. The van der Waals surface area contributed by atoms with Crippen LogP contribution in [0.3, 0.4) is 0 Å². The molecule has 2 aromatic rings. The summed E-state index contributed by atoms with van der Waals surface area (Å²) in [7, 11) is -5.00. The number of nitrogens with two attached hydrogens (primary N) is 2. The predicted molar refractivity (Wildman–Crippen MR) is 155 cm³/mol. The molecule has 2 fully saturated rings. The van der Waals surface area contributed by atoms with E-state index in [1.54, 1.807) is 47.4 Å². The number of ether oxygens (including phenoxy) is 2. The average Bonchev–Trinajstić information content (AvgIpc) is 3.67. The van der Waals surface area contributed by atoms with Crippen LogP contribution in [0.15, 0.2) is 49.1 Å². The van der Waals surface area contributed by atoms with Gasteiger partial charge in [0.25, 0.3) is 24.3 Å². The molecule has 2 aliphatic rings. The molecule has 0 aliphatic carbocycles. The number of pyridine rings is 2. The largest absolute Gasteiger partial charge is 0.483 e. The van der Waals surface area contributed by atoms with Crippen molar-refractivity contribution in [3.63, 3.8) is 0 Å². The normalized spacial score (nSPS) is 24.0. The van der Waals surface area contributed by atoms with E-state index in [-0.39, 0.29) is 19.4 Å². The van der Waals surface area contributed by atoms with Crippen molar-refractivity contribution in [1.29, 1.82) is 0 Å². The van der Waals surface area contributed by atoms with Gasteiger partial charge in [-0.1, -0.05) is 13.8 Å². The fraction of sp³-hybridized carbons (Fsp3) is 0.538. The minimum absolute atomic E-state index is 0.0691. The smallest absolute Gasteiger partial charge is 0.388 e. The van der Waals surface area contributed by atoms with E-state index >= 15 is 0 Å². The molecule has 2 amide bonds. The Morgan fingerprint density at radius 2 is 1.44 bits per heavy atom. The van der Waals surface area contributed by atoms with Crippen molar-refractivity contribution in [2.75, 3.05) is 34.5 Å². The first-order valence-corrected chi connectivity index (χ1v) is 16.7. The van der Waals surface area contributed by atoms with Crippen molar-refractivity contribution in [3.05, 3.63) is 60.2 Å². The molecular weight excluding hydrogens is 638 g/mol. The number of aliphatic hydroxyl groups excluding tert-OH is 2. The Hall–Kier alpha value is -2.66. The van der Waals surface area contributed by atoms with Crippen molar-refractivity contribution in [3.8, 4) is 0 Å². The van der Waals surface area contributed by atoms with Gasteiger partial charge in [0.05, 0.1) is 19.3 Å². The van der Waals surface area contributed by atoms with Crippen LogP contribution in [0, 0.1) is 0 Å². The first kappa shape index (κ1) is 38.5. The molecule has 252 valence electrons. The second-order valence-corrected chi connectivity index (χ2v) is 13.0. The SMILES string of the molecule is CC.COP(=O)(OC)OP(=O)(OC)OCC1CCC([n+]2cccc(C(N)=O)c2)O1.NC(=O)c1ccc[n+](C2OCC(O)C2O)c1. The lowest BCUT2D eigenvalue weighted by Gasteiger charge is -2.20. The minimum Gasteiger partial charge on any atom is -0.388 e. The van der Waals surface area contributed by atoms with Gasteiger partial charge in [-0.15, -0.1) is 0 Å². The van der Waals surface area contributed by atoms with Crippen LogP contribution in [-0.2, 0) is 41.0 Å². The summed E-state index contributed by atoms with van der Waals surface area (Å²) >= 11 is 0. The van der Waals surface area contributed by atoms with Gasteiger partial charge in [0, 0.05) is 39.9 Å². The van der Waals surface area contributed by atoms with Crippen LogP contribution in [0.25, 0.3) is 0 Å². The second kappa shape index (κ2) is 17.9.